The zero-order valence-electron chi connectivity index (χ0n) is 23.7. The van der Waals surface area contributed by atoms with Crippen molar-refractivity contribution in [3.8, 4) is 0 Å². The molecule has 3 rings (SSSR count). The SMILES string of the molecule is CCN(CCC(C)c1ccc(NC(=O)c2cc(C)on2)c(C2=CCC(C)(C)CC2)c1)C(=O)OC(C)(C)C. The number of anilines is 1. The summed E-state index contributed by atoms with van der Waals surface area (Å²) in [6.07, 6.45) is 5.89. The van der Waals surface area contributed by atoms with Crippen LogP contribution in [0.4, 0.5) is 10.5 Å². The fourth-order valence-electron chi connectivity index (χ4n) is 4.45. The van der Waals surface area contributed by atoms with Crippen LogP contribution in [0.2, 0.25) is 0 Å². The zero-order valence-corrected chi connectivity index (χ0v) is 23.7. The Hall–Kier alpha value is -3.09. The number of hydrogen-bond donors (Lipinski definition) is 1. The van der Waals surface area contributed by atoms with Gasteiger partial charge in [0, 0.05) is 30.4 Å². The summed E-state index contributed by atoms with van der Waals surface area (Å²) in [5.74, 6) is 0.532. The highest BCUT2D eigenvalue weighted by atomic mass is 16.6. The highest BCUT2D eigenvalue weighted by Gasteiger charge is 2.25. The number of allylic oxidation sites excluding steroid dienone is 2. The Morgan fingerprint density at radius 1 is 1.24 bits per heavy atom. The third-order valence-electron chi connectivity index (χ3n) is 6.91. The van der Waals surface area contributed by atoms with E-state index in [0.29, 0.717) is 18.8 Å². The van der Waals surface area contributed by atoms with Crippen molar-refractivity contribution in [3.63, 3.8) is 0 Å². The molecule has 0 aliphatic heterocycles. The van der Waals surface area contributed by atoms with Crippen molar-refractivity contribution in [2.75, 3.05) is 18.4 Å². The molecule has 2 amide bonds. The van der Waals surface area contributed by atoms with Gasteiger partial charge < -0.3 is 19.5 Å². The Balaban J connectivity index is 1.82. The molecule has 0 saturated carbocycles. The predicted octanol–water partition coefficient (Wildman–Crippen LogP) is 7.58. The van der Waals surface area contributed by atoms with Gasteiger partial charge in [0.2, 0.25) is 0 Å². The first-order chi connectivity index (χ1) is 17.3. The van der Waals surface area contributed by atoms with Gasteiger partial charge in [-0.2, -0.15) is 0 Å². The molecule has 0 radical (unpaired) electrons. The third kappa shape index (κ3) is 7.94. The summed E-state index contributed by atoms with van der Waals surface area (Å²) in [6.45, 7) is 17.4. The van der Waals surface area contributed by atoms with Crippen LogP contribution in [-0.2, 0) is 4.74 Å². The highest BCUT2D eigenvalue weighted by Crippen LogP contribution is 2.41. The van der Waals surface area contributed by atoms with Crippen LogP contribution in [-0.4, -0.2) is 40.7 Å². The first-order valence-corrected chi connectivity index (χ1v) is 13.3. The van der Waals surface area contributed by atoms with E-state index >= 15 is 0 Å². The van der Waals surface area contributed by atoms with Gasteiger partial charge in [-0.1, -0.05) is 38.1 Å². The number of carbonyl (C=O) groups is 2. The summed E-state index contributed by atoms with van der Waals surface area (Å²) in [5, 5.41) is 6.91. The second-order valence-electron chi connectivity index (χ2n) is 11.9. The quantitative estimate of drug-likeness (QED) is 0.396. The molecule has 1 atom stereocenters. The predicted molar refractivity (Wildman–Crippen MR) is 148 cm³/mol. The lowest BCUT2D eigenvalue weighted by Crippen LogP contribution is -2.37. The van der Waals surface area contributed by atoms with E-state index in [2.05, 4.69) is 49.5 Å². The minimum Gasteiger partial charge on any atom is -0.444 e. The summed E-state index contributed by atoms with van der Waals surface area (Å²) in [6, 6.07) is 7.88. The highest BCUT2D eigenvalue weighted by molar-refractivity contribution is 6.04. The average Bonchev–Trinajstić information content (AvgIpc) is 3.25. The second kappa shape index (κ2) is 11.5. The van der Waals surface area contributed by atoms with E-state index in [4.69, 9.17) is 9.26 Å². The summed E-state index contributed by atoms with van der Waals surface area (Å²) >= 11 is 0. The molecule has 1 aromatic heterocycles. The number of hydrogen-bond acceptors (Lipinski definition) is 5. The molecule has 1 unspecified atom stereocenters. The molecule has 1 aliphatic carbocycles. The number of aryl methyl sites for hydroxylation is 1. The number of nitrogens with zero attached hydrogens (tertiary/aromatic N) is 2. The van der Waals surface area contributed by atoms with Gasteiger partial charge in [-0.3, -0.25) is 4.79 Å². The lowest BCUT2D eigenvalue weighted by molar-refractivity contribution is 0.0255. The van der Waals surface area contributed by atoms with Gasteiger partial charge in [0.15, 0.2) is 5.69 Å². The van der Waals surface area contributed by atoms with Gasteiger partial charge in [-0.05, 0) is 94.9 Å². The lowest BCUT2D eigenvalue weighted by atomic mass is 9.76. The van der Waals surface area contributed by atoms with Crippen molar-refractivity contribution >= 4 is 23.3 Å². The number of ether oxygens (including phenoxy) is 1. The topological polar surface area (TPSA) is 84.7 Å². The second-order valence-corrected chi connectivity index (χ2v) is 11.9. The number of nitrogens with one attached hydrogen (secondary N) is 1. The first kappa shape index (κ1) is 28.5. The van der Waals surface area contributed by atoms with Gasteiger partial charge in [0.05, 0.1) is 0 Å². The van der Waals surface area contributed by atoms with Crippen molar-refractivity contribution in [2.24, 2.45) is 5.41 Å². The van der Waals surface area contributed by atoms with Gasteiger partial charge >= 0.3 is 6.09 Å². The van der Waals surface area contributed by atoms with E-state index in [-0.39, 0.29) is 29.0 Å². The van der Waals surface area contributed by atoms with Gasteiger partial charge in [0.25, 0.3) is 5.91 Å². The van der Waals surface area contributed by atoms with Crippen LogP contribution in [0.15, 0.2) is 34.9 Å². The largest absolute Gasteiger partial charge is 0.444 e. The Morgan fingerprint density at radius 3 is 2.54 bits per heavy atom. The van der Waals surface area contributed by atoms with Crippen LogP contribution in [0.1, 0.15) is 107 Å². The first-order valence-electron chi connectivity index (χ1n) is 13.3. The Morgan fingerprint density at radius 2 is 1.97 bits per heavy atom. The standard InChI is InChI=1S/C30H43N3O4/c1-9-33(28(35)36-29(4,5)6)17-14-20(2)23-10-11-25(31-27(34)26-18-21(3)37-32-26)24(19-23)22-12-15-30(7,8)16-13-22/h10-12,18-20H,9,13-17H2,1-8H3,(H,31,34). The van der Waals surface area contributed by atoms with Gasteiger partial charge in [-0.25, -0.2) is 4.79 Å². The molecule has 1 aliphatic rings. The smallest absolute Gasteiger partial charge is 0.410 e. The van der Waals surface area contributed by atoms with Crippen molar-refractivity contribution in [3.05, 3.63) is 52.9 Å². The fourth-order valence-corrected chi connectivity index (χ4v) is 4.45. The van der Waals surface area contributed by atoms with E-state index in [1.54, 1.807) is 17.9 Å². The van der Waals surface area contributed by atoms with Crippen molar-refractivity contribution in [2.45, 2.75) is 92.6 Å². The summed E-state index contributed by atoms with van der Waals surface area (Å²) in [7, 11) is 0. The summed E-state index contributed by atoms with van der Waals surface area (Å²) in [5.41, 5.74) is 4.28. The van der Waals surface area contributed by atoms with E-state index in [1.165, 1.54) is 11.1 Å². The Bertz CT molecular complexity index is 1140. The van der Waals surface area contributed by atoms with E-state index in [1.807, 2.05) is 33.8 Å². The maximum Gasteiger partial charge on any atom is 0.410 e. The van der Waals surface area contributed by atoms with Crippen molar-refractivity contribution in [1.82, 2.24) is 10.1 Å². The fraction of sp³-hybridized carbons (Fsp3) is 0.567. The number of carbonyl (C=O) groups excluding carboxylic acids is 2. The number of benzene rings is 1. The van der Waals surface area contributed by atoms with Crippen LogP contribution >= 0.6 is 0 Å². The Kier molecular flexibility index (Phi) is 8.88. The van der Waals surface area contributed by atoms with E-state index in [0.717, 1.165) is 36.9 Å². The molecule has 7 heteroatoms. The van der Waals surface area contributed by atoms with Crippen LogP contribution in [0.3, 0.4) is 0 Å². The van der Waals surface area contributed by atoms with Crippen molar-refractivity contribution < 1.29 is 18.8 Å². The molecule has 202 valence electrons. The lowest BCUT2D eigenvalue weighted by Gasteiger charge is -2.30. The third-order valence-corrected chi connectivity index (χ3v) is 6.91. The monoisotopic (exact) mass is 509 g/mol. The molecule has 0 saturated heterocycles. The van der Waals surface area contributed by atoms with Crippen LogP contribution in [0.5, 0.6) is 0 Å². The molecule has 1 N–H and O–H groups in total. The molecule has 37 heavy (non-hydrogen) atoms. The zero-order chi connectivity index (χ0) is 27.4. The molecule has 0 fully saturated rings. The average molecular weight is 510 g/mol. The van der Waals surface area contributed by atoms with Crippen LogP contribution < -0.4 is 5.32 Å². The normalized spacial score (nSPS) is 16.1. The molecule has 1 heterocycles. The minimum absolute atomic E-state index is 0.221. The van der Waals surface area contributed by atoms with Crippen molar-refractivity contribution in [1.29, 1.82) is 0 Å². The van der Waals surface area contributed by atoms with Gasteiger partial charge in [-0.15, -0.1) is 0 Å². The van der Waals surface area contributed by atoms with Gasteiger partial charge in [0.1, 0.15) is 11.4 Å². The van der Waals surface area contributed by atoms with E-state index in [9.17, 15) is 9.59 Å². The number of aromatic nitrogens is 1. The molecule has 2 aromatic rings. The summed E-state index contributed by atoms with van der Waals surface area (Å²) < 4.78 is 10.6. The molecular weight excluding hydrogens is 466 g/mol. The molecule has 0 bridgehead atoms. The minimum atomic E-state index is -0.516. The molecule has 7 nitrogen and oxygen atoms in total. The number of rotatable bonds is 8. The van der Waals surface area contributed by atoms with Crippen LogP contribution in [0.25, 0.3) is 5.57 Å². The maximum atomic E-state index is 12.9. The maximum absolute atomic E-state index is 12.9. The summed E-state index contributed by atoms with van der Waals surface area (Å²) in [4.78, 5) is 27.2. The molecule has 0 spiro atoms. The molecular formula is C30H43N3O4. The molecule has 1 aromatic carbocycles. The number of amides is 2. The van der Waals surface area contributed by atoms with Crippen LogP contribution in [0, 0.1) is 12.3 Å². The van der Waals surface area contributed by atoms with E-state index < -0.39 is 5.60 Å². The Labute approximate surface area is 221 Å².